The second kappa shape index (κ2) is 8.96. The molecule has 2 aliphatic rings. The van der Waals surface area contributed by atoms with E-state index >= 15 is 0 Å². The quantitative estimate of drug-likeness (QED) is 0.422. The third-order valence-corrected chi connectivity index (χ3v) is 8.77. The van der Waals surface area contributed by atoms with Gasteiger partial charge in [0.15, 0.2) is 5.78 Å². The van der Waals surface area contributed by atoms with Crippen LogP contribution in [0.2, 0.25) is 0 Å². The van der Waals surface area contributed by atoms with Gasteiger partial charge in [-0.2, -0.15) is 0 Å². The average molecular weight is 506 g/mol. The minimum absolute atomic E-state index is 0.218. The Morgan fingerprint density at radius 3 is 2.31 bits per heavy atom. The molecule has 1 aliphatic heterocycles. The van der Waals surface area contributed by atoms with Gasteiger partial charge in [-0.05, 0) is 74.4 Å². The molecule has 1 saturated carbocycles. The number of hydrogen-bond acceptors (Lipinski definition) is 4. The maximum absolute atomic E-state index is 14.3. The molecule has 186 valence electrons. The van der Waals surface area contributed by atoms with Gasteiger partial charge in [-0.15, -0.1) is 11.3 Å². The molecule has 2 heterocycles. The molecule has 5 nitrogen and oxygen atoms in total. The first-order chi connectivity index (χ1) is 17.1. The number of ketones is 1. The largest absolute Gasteiger partial charge is 0.479 e. The van der Waals surface area contributed by atoms with Crippen LogP contribution in [0.1, 0.15) is 63.7 Å². The molecule has 36 heavy (non-hydrogen) atoms. The van der Waals surface area contributed by atoms with Gasteiger partial charge >= 0.3 is 5.97 Å². The molecule has 1 amide bonds. The fraction of sp³-hybridized carbons (Fsp3) is 0.345. The summed E-state index contributed by atoms with van der Waals surface area (Å²) in [6.07, 6.45) is 1.41. The van der Waals surface area contributed by atoms with Crippen LogP contribution in [0.25, 0.3) is 0 Å². The van der Waals surface area contributed by atoms with Gasteiger partial charge in [-0.1, -0.05) is 35.9 Å². The SMILES string of the molecule is Cc1cccc(C(=O)C2C(c3sccc3C)N(C(=O)C3CC3)C(C)(C(=O)O)C2c2ccc(F)cc2)c1. The number of likely N-dealkylation sites (tertiary alicyclic amines) is 1. The van der Waals surface area contributed by atoms with E-state index in [2.05, 4.69) is 0 Å². The van der Waals surface area contributed by atoms with E-state index in [-0.39, 0.29) is 17.6 Å². The first kappa shape index (κ1) is 24.4. The van der Waals surface area contributed by atoms with Crippen LogP contribution in [0.4, 0.5) is 4.39 Å². The molecule has 4 unspecified atom stereocenters. The van der Waals surface area contributed by atoms with Gasteiger partial charge < -0.3 is 10.0 Å². The number of amides is 1. The summed E-state index contributed by atoms with van der Waals surface area (Å²) in [5.41, 5.74) is 1.11. The fourth-order valence-electron chi connectivity index (χ4n) is 5.72. The van der Waals surface area contributed by atoms with Crippen molar-refractivity contribution in [1.29, 1.82) is 0 Å². The summed E-state index contributed by atoms with van der Waals surface area (Å²) in [5, 5.41) is 12.6. The lowest BCUT2D eigenvalue weighted by atomic mass is 9.72. The van der Waals surface area contributed by atoms with Gasteiger partial charge in [0.05, 0.1) is 12.0 Å². The van der Waals surface area contributed by atoms with Crippen molar-refractivity contribution in [3.63, 3.8) is 0 Å². The van der Waals surface area contributed by atoms with Crippen LogP contribution in [0.5, 0.6) is 0 Å². The first-order valence-corrected chi connectivity index (χ1v) is 13.0. The predicted molar refractivity (Wildman–Crippen MR) is 136 cm³/mol. The van der Waals surface area contributed by atoms with E-state index in [0.29, 0.717) is 24.0 Å². The van der Waals surface area contributed by atoms with Crippen molar-refractivity contribution in [2.24, 2.45) is 11.8 Å². The van der Waals surface area contributed by atoms with E-state index in [1.165, 1.54) is 28.4 Å². The van der Waals surface area contributed by atoms with Crippen molar-refractivity contribution >= 4 is 29.0 Å². The number of rotatable bonds is 6. The molecule has 1 aromatic heterocycles. The Kier molecular flexibility index (Phi) is 6.07. The van der Waals surface area contributed by atoms with E-state index in [0.717, 1.165) is 16.0 Å². The van der Waals surface area contributed by atoms with Crippen LogP contribution in [0, 0.1) is 31.5 Å². The van der Waals surface area contributed by atoms with Crippen LogP contribution in [0.3, 0.4) is 0 Å². The molecular weight excluding hydrogens is 477 g/mol. The maximum Gasteiger partial charge on any atom is 0.330 e. The average Bonchev–Trinajstić information content (AvgIpc) is 3.56. The highest BCUT2D eigenvalue weighted by Crippen LogP contribution is 2.59. The lowest BCUT2D eigenvalue weighted by Gasteiger charge is -2.38. The number of nitrogens with zero attached hydrogens (tertiary/aromatic N) is 1. The molecule has 5 rings (SSSR count). The van der Waals surface area contributed by atoms with Gasteiger partial charge in [0.2, 0.25) is 5.91 Å². The smallest absolute Gasteiger partial charge is 0.330 e. The second-order valence-electron chi connectivity index (χ2n) is 10.1. The zero-order valence-corrected chi connectivity index (χ0v) is 21.2. The Labute approximate surface area is 213 Å². The standard InChI is InChI=1S/C29H28FNO4S/c1-16-5-4-6-20(15-16)25(32)22-23(18-9-11-21(30)12-10-18)29(3,28(34)35)31(27(33)19-7-8-19)24(22)26-17(2)13-14-36-26/h4-6,9-15,19,22-24H,7-8H2,1-3H3,(H,34,35). The summed E-state index contributed by atoms with van der Waals surface area (Å²) < 4.78 is 13.9. The summed E-state index contributed by atoms with van der Waals surface area (Å²) in [4.78, 5) is 43.6. The monoisotopic (exact) mass is 505 g/mol. The molecular formula is C29H28FNO4S. The van der Waals surface area contributed by atoms with E-state index in [1.54, 1.807) is 37.3 Å². The minimum atomic E-state index is -1.71. The van der Waals surface area contributed by atoms with Gasteiger partial charge in [-0.3, -0.25) is 9.59 Å². The number of aryl methyl sites for hydroxylation is 2. The molecule has 7 heteroatoms. The van der Waals surface area contributed by atoms with Crippen molar-refractivity contribution in [3.05, 3.63) is 92.9 Å². The van der Waals surface area contributed by atoms with Crippen LogP contribution >= 0.6 is 11.3 Å². The molecule has 2 fully saturated rings. The topological polar surface area (TPSA) is 74.7 Å². The third-order valence-electron chi connectivity index (χ3n) is 7.69. The number of carboxylic acids is 1. The number of aliphatic carboxylic acids is 1. The van der Waals surface area contributed by atoms with Gasteiger partial charge in [0.25, 0.3) is 0 Å². The Morgan fingerprint density at radius 1 is 1.06 bits per heavy atom. The van der Waals surface area contributed by atoms with Crippen LogP contribution < -0.4 is 0 Å². The highest BCUT2D eigenvalue weighted by Gasteiger charge is 2.66. The fourth-order valence-corrected chi connectivity index (χ4v) is 6.78. The summed E-state index contributed by atoms with van der Waals surface area (Å²) in [7, 11) is 0. The number of benzene rings is 2. The Hall–Kier alpha value is -3.32. The molecule has 3 aromatic rings. The molecule has 0 spiro atoms. The van der Waals surface area contributed by atoms with Crippen LogP contribution in [-0.2, 0) is 9.59 Å². The van der Waals surface area contributed by atoms with E-state index in [1.807, 2.05) is 31.4 Å². The van der Waals surface area contributed by atoms with Gasteiger partial charge in [-0.25, -0.2) is 9.18 Å². The molecule has 2 aromatic carbocycles. The zero-order chi connectivity index (χ0) is 25.8. The molecule has 1 N–H and O–H groups in total. The third kappa shape index (κ3) is 3.86. The van der Waals surface area contributed by atoms with Crippen molar-refractivity contribution in [2.75, 3.05) is 0 Å². The van der Waals surface area contributed by atoms with Crippen LogP contribution in [0.15, 0.2) is 60.0 Å². The van der Waals surface area contributed by atoms with E-state index in [9.17, 15) is 23.9 Å². The van der Waals surface area contributed by atoms with E-state index < -0.39 is 35.2 Å². The van der Waals surface area contributed by atoms with E-state index in [4.69, 9.17) is 0 Å². The van der Waals surface area contributed by atoms with Gasteiger partial charge in [0, 0.05) is 22.3 Å². The lowest BCUT2D eigenvalue weighted by molar-refractivity contribution is -0.158. The predicted octanol–water partition coefficient (Wildman–Crippen LogP) is 5.92. The Bertz CT molecular complexity index is 1350. The molecule has 1 saturated heterocycles. The minimum Gasteiger partial charge on any atom is -0.479 e. The number of carboxylic acid groups (broad SMARTS) is 1. The van der Waals surface area contributed by atoms with Crippen molar-refractivity contribution in [1.82, 2.24) is 4.90 Å². The van der Waals surface area contributed by atoms with Crippen molar-refractivity contribution in [3.8, 4) is 0 Å². The van der Waals surface area contributed by atoms with Crippen molar-refractivity contribution in [2.45, 2.75) is 51.1 Å². The number of hydrogen-bond donors (Lipinski definition) is 1. The lowest BCUT2D eigenvalue weighted by Crippen LogP contribution is -2.54. The van der Waals surface area contributed by atoms with Crippen molar-refractivity contribution < 1.29 is 23.9 Å². The zero-order valence-electron chi connectivity index (χ0n) is 20.4. The molecule has 0 radical (unpaired) electrons. The molecule has 4 atom stereocenters. The highest BCUT2D eigenvalue weighted by atomic mass is 32.1. The Morgan fingerprint density at radius 2 is 1.75 bits per heavy atom. The summed E-state index contributed by atoms with van der Waals surface area (Å²) in [6.45, 7) is 5.36. The number of halogens is 1. The molecule has 1 aliphatic carbocycles. The highest BCUT2D eigenvalue weighted by molar-refractivity contribution is 7.10. The normalized spacial score (nSPS) is 25.7. The summed E-state index contributed by atoms with van der Waals surface area (Å²) >= 11 is 1.43. The van der Waals surface area contributed by atoms with Crippen LogP contribution in [-0.4, -0.2) is 33.2 Å². The Balaban J connectivity index is 1.80. The number of Topliss-reactive ketones (excluding diaryl/α,β-unsaturated/α-hetero) is 1. The first-order valence-electron chi connectivity index (χ1n) is 12.1. The number of carbonyl (C=O) groups excluding carboxylic acids is 2. The molecule has 0 bridgehead atoms. The summed E-state index contributed by atoms with van der Waals surface area (Å²) in [6, 6.07) is 14.1. The number of thiophene rings is 1. The maximum atomic E-state index is 14.3. The summed E-state index contributed by atoms with van der Waals surface area (Å²) in [5.74, 6) is -4.06. The second-order valence-corrected chi connectivity index (χ2v) is 11.1. The van der Waals surface area contributed by atoms with Gasteiger partial charge in [0.1, 0.15) is 11.4 Å². The number of carbonyl (C=O) groups is 3.